The zero-order valence-electron chi connectivity index (χ0n) is 12.7. The average Bonchev–Trinajstić information content (AvgIpc) is 2.47. The number of nitriles is 2. The number of carbonyl (C=O) groups is 2. The van der Waals surface area contributed by atoms with Gasteiger partial charge in [-0.05, 0) is 13.0 Å². The highest BCUT2D eigenvalue weighted by atomic mass is 16.5. The second kappa shape index (κ2) is 11.7. The number of amides is 1. The summed E-state index contributed by atoms with van der Waals surface area (Å²) in [6.45, 7) is 3.30. The van der Waals surface area contributed by atoms with Crippen LogP contribution in [0.25, 0.3) is 0 Å². The van der Waals surface area contributed by atoms with Crippen LogP contribution in [0.1, 0.15) is 26.2 Å². The minimum absolute atomic E-state index is 0.0560. The van der Waals surface area contributed by atoms with Gasteiger partial charge in [0, 0.05) is 13.1 Å². The zero-order chi connectivity index (χ0) is 16.1. The maximum absolute atomic E-state index is 12.2. The third-order valence-electron chi connectivity index (χ3n) is 2.82. The molecule has 0 aromatic rings. The Hall–Kier alpha value is -2.12. The van der Waals surface area contributed by atoms with E-state index in [4.69, 9.17) is 10.5 Å². The van der Waals surface area contributed by atoms with Gasteiger partial charge >= 0.3 is 5.97 Å². The molecule has 0 fully saturated rings. The summed E-state index contributed by atoms with van der Waals surface area (Å²) in [5, 5.41) is 17.2. The number of methoxy groups -OCH3 is 1. The number of ether oxygens (including phenoxy) is 1. The average molecular weight is 294 g/mol. The van der Waals surface area contributed by atoms with E-state index in [1.165, 1.54) is 12.0 Å². The molecule has 116 valence electrons. The van der Waals surface area contributed by atoms with Crippen molar-refractivity contribution in [2.24, 2.45) is 0 Å². The van der Waals surface area contributed by atoms with Crippen molar-refractivity contribution in [3.05, 3.63) is 0 Å². The van der Waals surface area contributed by atoms with Crippen LogP contribution in [0, 0.1) is 22.7 Å². The molecule has 0 saturated carbocycles. The fraction of sp³-hybridized carbons (Fsp3) is 0.714. The van der Waals surface area contributed by atoms with Crippen LogP contribution in [0.2, 0.25) is 0 Å². The molecule has 0 bridgehead atoms. The Kier molecular flexibility index (Phi) is 10.5. The third kappa shape index (κ3) is 8.61. The highest BCUT2D eigenvalue weighted by Crippen LogP contribution is 2.00. The van der Waals surface area contributed by atoms with Crippen LogP contribution >= 0.6 is 0 Å². The van der Waals surface area contributed by atoms with Gasteiger partial charge in [0.15, 0.2) is 0 Å². The van der Waals surface area contributed by atoms with Crippen molar-refractivity contribution in [1.29, 1.82) is 10.5 Å². The van der Waals surface area contributed by atoms with Crippen LogP contribution in [0.5, 0.6) is 0 Å². The van der Waals surface area contributed by atoms with Crippen molar-refractivity contribution in [1.82, 2.24) is 9.80 Å². The Bertz CT molecular complexity index is 393. The summed E-state index contributed by atoms with van der Waals surface area (Å²) in [5.74, 6) is -0.574. The highest BCUT2D eigenvalue weighted by Gasteiger charge is 2.18. The Morgan fingerprint density at radius 1 is 1.05 bits per heavy atom. The lowest BCUT2D eigenvalue weighted by Crippen LogP contribution is -2.43. The lowest BCUT2D eigenvalue weighted by Gasteiger charge is -2.25. The Labute approximate surface area is 125 Å². The zero-order valence-corrected chi connectivity index (χ0v) is 12.7. The van der Waals surface area contributed by atoms with Crippen LogP contribution in [-0.2, 0) is 14.3 Å². The Balaban J connectivity index is 4.61. The molecule has 0 aromatic carbocycles. The van der Waals surface area contributed by atoms with Crippen LogP contribution in [-0.4, -0.2) is 61.5 Å². The first kappa shape index (κ1) is 18.9. The molecular weight excluding hydrogens is 272 g/mol. The fourth-order valence-corrected chi connectivity index (χ4v) is 1.80. The topological polar surface area (TPSA) is 97.4 Å². The minimum atomic E-state index is -0.392. The Morgan fingerprint density at radius 2 is 1.62 bits per heavy atom. The monoisotopic (exact) mass is 294 g/mol. The van der Waals surface area contributed by atoms with Gasteiger partial charge < -0.3 is 9.64 Å². The van der Waals surface area contributed by atoms with Gasteiger partial charge in [-0.25, -0.2) is 0 Å². The third-order valence-corrected chi connectivity index (χ3v) is 2.82. The van der Waals surface area contributed by atoms with E-state index in [0.717, 1.165) is 6.42 Å². The molecule has 0 radical (unpaired) electrons. The molecule has 0 heterocycles. The van der Waals surface area contributed by atoms with Gasteiger partial charge in [0.25, 0.3) is 0 Å². The molecule has 0 aliphatic carbocycles. The number of rotatable bonds is 10. The van der Waals surface area contributed by atoms with Gasteiger partial charge in [-0.3, -0.25) is 14.5 Å². The molecule has 0 spiro atoms. The van der Waals surface area contributed by atoms with E-state index >= 15 is 0 Å². The first-order chi connectivity index (χ1) is 10.1. The summed E-state index contributed by atoms with van der Waals surface area (Å²) in [6.07, 6.45) is 1.25. The first-order valence-corrected chi connectivity index (χ1v) is 6.89. The molecule has 0 rings (SSSR count). The second-order valence-electron chi connectivity index (χ2n) is 4.48. The predicted molar refractivity (Wildman–Crippen MR) is 75.8 cm³/mol. The van der Waals surface area contributed by atoms with Gasteiger partial charge in [-0.2, -0.15) is 10.5 Å². The van der Waals surface area contributed by atoms with Crippen molar-refractivity contribution in [3.8, 4) is 12.1 Å². The maximum Gasteiger partial charge on any atom is 0.319 e. The normalized spacial score (nSPS) is 9.76. The van der Waals surface area contributed by atoms with Gasteiger partial charge in [-0.15, -0.1) is 0 Å². The van der Waals surface area contributed by atoms with Crippen molar-refractivity contribution in [3.63, 3.8) is 0 Å². The smallest absolute Gasteiger partial charge is 0.319 e. The molecule has 21 heavy (non-hydrogen) atoms. The second-order valence-corrected chi connectivity index (χ2v) is 4.48. The lowest BCUT2D eigenvalue weighted by molar-refractivity contribution is -0.142. The number of hydrogen-bond acceptors (Lipinski definition) is 6. The first-order valence-electron chi connectivity index (χ1n) is 6.89. The number of carbonyl (C=O) groups excluding carboxylic acids is 2. The maximum atomic E-state index is 12.2. The van der Waals surface area contributed by atoms with Crippen molar-refractivity contribution in [2.75, 3.05) is 39.8 Å². The van der Waals surface area contributed by atoms with Crippen LogP contribution in [0.4, 0.5) is 0 Å². The summed E-state index contributed by atoms with van der Waals surface area (Å²) >= 11 is 0. The molecule has 0 unspecified atom stereocenters. The van der Waals surface area contributed by atoms with Crippen molar-refractivity contribution >= 4 is 11.9 Å². The number of esters is 1. The summed E-state index contributed by atoms with van der Waals surface area (Å²) in [5.41, 5.74) is 0. The largest absolute Gasteiger partial charge is 0.468 e. The van der Waals surface area contributed by atoms with E-state index < -0.39 is 5.97 Å². The van der Waals surface area contributed by atoms with Gasteiger partial charge in [-0.1, -0.05) is 6.92 Å². The summed E-state index contributed by atoms with van der Waals surface area (Å²) in [6, 6.07) is 3.97. The van der Waals surface area contributed by atoms with E-state index in [-0.39, 0.29) is 31.8 Å². The van der Waals surface area contributed by atoms with Crippen molar-refractivity contribution < 1.29 is 14.3 Å². The quantitative estimate of drug-likeness (QED) is 0.545. The SMILES string of the molecule is CCCN(CC(=O)OC)CC(=O)N(CCC#N)CCC#N. The molecular formula is C14H22N4O3. The molecule has 0 atom stereocenters. The van der Waals surface area contributed by atoms with Crippen LogP contribution in [0.15, 0.2) is 0 Å². The standard InChI is InChI=1S/C14H22N4O3/c1-3-8-17(12-14(20)21-2)11-13(19)18(9-4-6-15)10-5-7-16/h3-5,8-12H2,1-2H3. The van der Waals surface area contributed by atoms with Crippen LogP contribution < -0.4 is 0 Å². The fourth-order valence-electron chi connectivity index (χ4n) is 1.80. The van der Waals surface area contributed by atoms with Gasteiger partial charge in [0.05, 0.1) is 45.2 Å². The molecule has 0 saturated heterocycles. The minimum Gasteiger partial charge on any atom is -0.468 e. The van der Waals surface area contributed by atoms with Crippen molar-refractivity contribution in [2.45, 2.75) is 26.2 Å². The molecule has 0 aromatic heterocycles. The predicted octanol–water partition coefficient (Wildman–Crippen LogP) is 0.527. The molecule has 7 heteroatoms. The van der Waals surface area contributed by atoms with Gasteiger partial charge in [0.1, 0.15) is 0 Å². The summed E-state index contributed by atoms with van der Waals surface area (Å²) in [4.78, 5) is 26.7. The summed E-state index contributed by atoms with van der Waals surface area (Å²) in [7, 11) is 1.31. The lowest BCUT2D eigenvalue weighted by atomic mass is 10.3. The summed E-state index contributed by atoms with van der Waals surface area (Å²) < 4.78 is 4.61. The van der Waals surface area contributed by atoms with E-state index in [0.29, 0.717) is 19.6 Å². The van der Waals surface area contributed by atoms with Gasteiger partial charge in [0.2, 0.25) is 5.91 Å². The molecule has 7 nitrogen and oxygen atoms in total. The van der Waals surface area contributed by atoms with E-state index in [1.807, 2.05) is 19.1 Å². The molecule has 0 N–H and O–H groups in total. The number of hydrogen-bond donors (Lipinski definition) is 0. The van der Waals surface area contributed by atoms with E-state index in [2.05, 4.69) is 4.74 Å². The molecule has 1 amide bonds. The van der Waals surface area contributed by atoms with Crippen LogP contribution in [0.3, 0.4) is 0 Å². The van der Waals surface area contributed by atoms with E-state index in [9.17, 15) is 9.59 Å². The van der Waals surface area contributed by atoms with E-state index in [1.54, 1.807) is 4.90 Å². The Morgan fingerprint density at radius 3 is 2.05 bits per heavy atom. The number of nitrogens with zero attached hydrogens (tertiary/aromatic N) is 4. The highest BCUT2D eigenvalue weighted by molar-refractivity contribution is 5.79. The molecule has 0 aliphatic rings. The molecule has 0 aliphatic heterocycles.